The van der Waals surface area contributed by atoms with E-state index in [2.05, 4.69) is 77.6 Å². The lowest BCUT2D eigenvalue weighted by atomic mass is 9.65. The van der Waals surface area contributed by atoms with Crippen molar-refractivity contribution in [2.45, 2.75) is 103 Å². The van der Waals surface area contributed by atoms with E-state index in [4.69, 9.17) is 15.2 Å². The summed E-state index contributed by atoms with van der Waals surface area (Å²) in [5.41, 5.74) is 4.53. The highest BCUT2D eigenvalue weighted by atomic mass is 19.4. The van der Waals surface area contributed by atoms with Gasteiger partial charge < -0.3 is 20.3 Å². The first kappa shape index (κ1) is 40.6. The van der Waals surface area contributed by atoms with Gasteiger partial charge in [-0.1, -0.05) is 38.1 Å². The lowest BCUT2D eigenvalue weighted by Crippen LogP contribution is -2.37. The molecular formula is C43H61F3N6O. The van der Waals surface area contributed by atoms with Gasteiger partial charge in [0.25, 0.3) is 0 Å². The lowest BCUT2D eigenvalue weighted by molar-refractivity contribution is -0.0584. The van der Waals surface area contributed by atoms with Gasteiger partial charge >= 0.3 is 6.18 Å². The van der Waals surface area contributed by atoms with Crippen LogP contribution in [0.25, 0.3) is 17.0 Å². The first-order valence-corrected chi connectivity index (χ1v) is 19.8. The van der Waals surface area contributed by atoms with Crippen molar-refractivity contribution in [3.63, 3.8) is 0 Å². The summed E-state index contributed by atoms with van der Waals surface area (Å²) in [7, 11) is 4.04. The van der Waals surface area contributed by atoms with Crippen LogP contribution in [0.1, 0.15) is 107 Å². The zero-order chi connectivity index (χ0) is 38.0. The molecular weight excluding hydrogens is 674 g/mol. The standard InChI is InChI=1S/C43H61F3N6O/c1-6-53-40-12-11-33(27-39(40)49-5)15-21-42(22-23-48-4)19-13-32(14-20-42)16-24-51-25-17-36(18-26-51)52-30-35-28-34(37(31(2)3)29-38(35)50-52)9-7-8-10-41(47)43(44,45)46/h7-12,27-32,36,47-49H,6,13-26H2,1-5H3/b9-7+,10-8-,47-41?. The molecule has 5 rings (SSSR count). The molecule has 2 aliphatic rings. The molecule has 290 valence electrons. The minimum atomic E-state index is -4.64. The normalized spacial score (nSPS) is 20.7. The van der Waals surface area contributed by atoms with Gasteiger partial charge in [0.05, 0.1) is 23.9 Å². The summed E-state index contributed by atoms with van der Waals surface area (Å²) in [5.74, 6) is 1.96. The van der Waals surface area contributed by atoms with Crippen LogP contribution in [0.15, 0.2) is 54.8 Å². The van der Waals surface area contributed by atoms with Crippen LogP contribution in [0, 0.1) is 16.7 Å². The highest BCUT2D eigenvalue weighted by Crippen LogP contribution is 2.46. The molecule has 7 nitrogen and oxygen atoms in total. The number of nitrogens with one attached hydrogen (secondary N) is 3. The van der Waals surface area contributed by atoms with E-state index in [0.717, 1.165) is 84.4 Å². The molecule has 10 heteroatoms. The minimum absolute atomic E-state index is 0.231. The third kappa shape index (κ3) is 11.0. The number of aromatic nitrogens is 2. The zero-order valence-electron chi connectivity index (χ0n) is 32.5. The predicted octanol–water partition coefficient (Wildman–Crippen LogP) is 10.2. The molecule has 0 unspecified atom stereocenters. The number of nitrogens with zero attached hydrogens (tertiary/aromatic N) is 3. The van der Waals surface area contributed by atoms with E-state index in [9.17, 15) is 13.2 Å². The number of benzene rings is 2. The maximum absolute atomic E-state index is 12.7. The number of halogens is 3. The van der Waals surface area contributed by atoms with E-state index in [1.54, 1.807) is 6.08 Å². The van der Waals surface area contributed by atoms with Crippen LogP contribution in [-0.4, -0.2) is 73.4 Å². The molecule has 0 atom stereocenters. The molecule has 1 saturated carbocycles. The number of fused-ring (bicyclic) bond motifs is 1. The Balaban J connectivity index is 1.11. The second kappa shape index (κ2) is 18.6. The Bertz CT molecular complexity index is 1690. The molecule has 0 amide bonds. The summed E-state index contributed by atoms with van der Waals surface area (Å²) >= 11 is 0. The summed E-state index contributed by atoms with van der Waals surface area (Å²) in [6, 6.07) is 11.2. The smallest absolute Gasteiger partial charge is 0.432 e. The highest BCUT2D eigenvalue weighted by molar-refractivity contribution is 5.97. The van der Waals surface area contributed by atoms with Crippen LogP contribution in [0.2, 0.25) is 0 Å². The van der Waals surface area contributed by atoms with Crippen molar-refractivity contribution >= 4 is 28.4 Å². The maximum Gasteiger partial charge on any atom is 0.432 e. The fourth-order valence-electron chi connectivity index (χ4n) is 8.35. The Morgan fingerprint density at radius 3 is 2.47 bits per heavy atom. The molecule has 3 aromatic rings. The van der Waals surface area contributed by atoms with Gasteiger partial charge in [0, 0.05) is 31.7 Å². The fraction of sp³-hybridized carbons (Fsp3) is 0.581. The first-order chi connectivity index (χ1) is 25.4. The number of hydrogen-bond acceptors (Lipinski definition) is 6. The van der Waals surface area contributed by atoms with E-state index in [1.165, 1.54) is 63.1 Å². The number of allylic oxidation sites excluding steroid dienone is 3. The van der Waals surface area contributed by atoms with Crippen molar-refractivity contribution in [3.8, 4) is 5.75 Å². The maximum atomic E-state index is 12.7. The first-order valence-electron chi connectivity index (χ1n) is 19.8. The van der Waals surface area contributed by atoms with Crippen molar-refractivity contribution in [2.75, 3.05) is 52.2 Å². The minimum Gasteiger partial charge on any atom is -0.492 e. The van der Waals surface area contributed by atoms with Gasteiger partial charge in [0.1, 0.15) is 11.5 Å². The lowest BCUT2D eigenvalue weighted by Gasteiger charge is -2.41. The summed E-state index contributed by atoms with van der Waals surface area (Å²) in [6.07, 6.45) is 15.3. The molecule has 53 heavy (non-hydrogen) atoms. The van der Waals surface area contributed by atoms with Crippen LogP contribution in [0.5, 0.6) is 5.75 Å². The quantitative estimate of drug-likeness (QED) is 0.0951. The average Bonchev–Trinajstić information content (AvgIpc) is 3.57. The van der Waals surface area contributed by atoms with Gasteiger partial charge in [-0.15, -0.1) is 0 Å². The third-order valence-corrected chi connectivity index (χ3v) is 11.7. The summed E-state index contributed by atoms with van der Waals surface area (Å²) < 4.78 is 46.0. The predicted molar refractivity (Wildman–Crippen MR) is 214 cm³/mol. The number of likely N-dealkylation sites (tertiary alicyclic amines) is 1. The van der Waals surface area contributed by atoms with Crippen LogP contribution in [-0.2, 0) is 6.42 Å². The largest absolute Gasteiger partial charge is 0.492 e. The van der Waals surface area contributed by atoms with Gasteiger partial charge in [-0.25, -0.2) is 0 Å². The summed E-state index contributed by atoms with van der Waals surface area (Å²) in [6.45, 7) is 11.3. The third-order valence-electron chi connectivity index (χ3n) is 11.7. The molecule has 1 aliphatic carbocycles. The molecule has 0 spiro atoms. The van der Waals surface area contributed by atoms with Crippen molar-refractivity contribution in [2.24, 2.45) is 11.3 Å². The molecule has 1 aliphatic heterocycles. The van der Waals surface area contributed by atoms with Crippen molar-refractivity contribution in [1.29, 1.82) is 5.41 Å². The topological polar surface area (TPSA) is 78.2 Å². The SMILES string of the molecule is CCOc1ccc(CCC2(CCNC)CCC(CCN3CCC(n4cc5cc(/C=C/C=C\C(=N)C(F)(F)F)c(C(C)C)cc5n4)CC3)CC2)cc1NC. The Morgan fingerprint density at radius 1 is 1.06 bits per heavy atom. The van der Waals surface area contributed by atoms with Gasteiger partial charge in [-0.3, -0.25) is 10.1 Å². The highest BCUT2D eigenvalue weighted by Gasteiger charge is 2.35. The average molecular weight is 735 g/mol. The molecule has 3 N–H and O–H groups in total. The molecule has 2 aromatic carbocycles. The van der Waals surface area contributed by atoms with Crippen LogP contribution < -0.4 is 15.4 Å². The van der Waals surface area contributed by atoms with Gasteiger partial charge in [0.2, 0.25) is 0 Å². The van der Waals surface area contributed by atoms with Crippen molar-refractivity contribution in [3.05, 3.63) is 71.4 Å². The van der Waals surface area contributed by atoms with E-state index < -0.39 is 11.9 Å². The second-order valence-corrected chi connectivity index (χ2v) is 15.6. The second-order valence-electron chi connectivity index (χ2n) is 15.6. The number of hydrogen-bond donors (Lipinski definition) is 3. The summed E-state index contributed by atoms with van der Waals surface area (Å²) in [4.78, 5) is 2.65. The Labute approximate surface area is 314 Å². The molecule has 2 fully saturated rings. The number of alkyl halides is 3. The molecule has 1 saturated heterocycles. The number of ether oxygens (including phenoxy) is 1. The van der Waals surface area contributed by atoms with Crippen LogP contribution >= 0.6 is 0 Å². The fourth-order valence-corrected chi connectivity index (χ4v) is 8.35. The van der Waals surface area contributed by atoms with E-state index >= 15 is 0 Å². The van der Waals surface area contributed by atoms with Gasteiger partial charge in [-0.2, -0.15) is 18.3 Å². The Hall–Kier alpha value is -3.63. The molecule has 2 heterocycles. The van der Waals surface area contributed by atoms with Crippen LogP contribution in [0.4, 0.5) is 18.9 Å². The Morgan fingerprint density at radius 2 is 1.81 bits per heavy atom. The monoisotopic (exact) mass is 734 g/mol. The van der Waals surface area contributed by atoms with E-state index in [0.29, 0.717) is 18.1 Å². The summed E-state index contributed by atoms with van der Waals surface area (Å²) in [5, 5.41) is 19.9. The molecule has 0 radical (unpaired) electrons. The zero-order valence-corrected chi connectivity index (χ0v) is 32.5. The van der Waals surface area contributed by atoms with E-state index in [1.807, 2.05) is 20.0 Å². The number of aryl methyl sites for hydroxylation is 1. The number of anilines is 1. The number of rotatable bonds is 17. The van der Waals surface area contributed by atoms with Crippen molar-refractivity contribution in [1.82, 2.24) is 20.0 Å². The van der Waals surface area contributed by atoms with Crippen LogP contribution in [0.3, 0.4) is 0 Å². The van der Waals surface area contributed by atoms with Gasteiger partial charge in [0.15, 0.2) is 0 Å². The molecule has 1 aromatic heterocycles. The molecule has 0 bridgehead atoms. The number of piperidine rings is 1. The van der Waals surface area contributed by atoms with Gasteiger partial charge in [-0.05, 0) is 156 Å². The Kier molecular flexibility index (Phi) is 14.2. The van der Waals surface area contributed by atoms with Crippen molar-refractivity contribution < 1.29 is 17.9 Å². The van der Waals surface area contributed by atoms with E-state index in [-0.39, 0.29) is 5.92 Å².